The lowest BCUT2D eigenvalue weighted by Crippen LogP contribution is -2.08. The molecule has 0 saturated heterocycles. The fourth-order valence-electron chi connectivity index (χ4n) is 5.13. The maximum absolute atomic E-state index is 3.68. The van der Waals surface area contributed by atoms with Gasteiger partial charge in [-0.25, -0.2) is 0 Å². The second-order valence-corrected chi connectivity index (χ2v) is 10.2. The van der Waals surface area contributed by atoms with Gasteiger partial charge in [0.25, 0.3) is 0 Å². The zero-order valence-electron chi connectivity index (χ0n) is 22.5. The van der Waals surface area contributed by atoms with Gasteiger partial charge in [-0.2, -0.15) is 0 Å². The lowest BCUT2D eigenvalue weighted by atomic mass is 9.97. The zero-order chi connectivity index (χ0) is 25.5. The van der Waals surface area contributed by atoms with Crippen molar-refractivity contribution in [1.29, 1.82) is 0 Å². The maximum Gasteiger partial charge on any atom is 0.0399 e. The van der Waals surface area contributed by atoms with Crippen LogP contribution in [0.3, 0.4) is 0 Å². The molecule has 2 N–H and O–H groups in total. The van der Waals surface area contributed by atoms with E-state index >= 15 is 0 Å². The van der Waals surface area contributed by atoms with Gasteiger partial charge >= 0.3 is 0 Å². The summed E-state index contributed by atoms with van der Waals surface area (Å²) in [5, 5.41) is 7.31. The molecular weight excluding hydrogens is 436 g/mol. The molecule has 0 amide bonds. The van der Waals surface area contributed by atoms with Crippen molar-refractivity contribution in [2.45, 2.75) is 53.9 Å². The van der Waals surface area contributed by atoms with E-state index in [1.54, 1.807) is 0 Å². The summed E-state index contributed by atoms with van der Waals surface area (Å²) in [5.74, 6) is 0. The van der Waals surface area contributed by atoms with Crippen molar-refractivity contribution in [3.8, 4) is 0 Å². The minimum Gasteiger partial charge on any atom is -0.384 e. The van der Waals surface area contributed by atoms with Gasteiger partial charge < -0.3 is 10.6 Å². The molecule has 0 aliphatic rings. The van der Waals surface area contributed by atoms with Gasteiger partial charge in [0.05, 0.1) is 0 Å². The minimum absolute atomic E-state index is 0.946. The second-order valence-electron chi connectivity index (χ2n) is 10.2. The van der Waals surface area contributed by atoms with Crippen LogP contribution in [-0.2, 0) is 19.3 Å². The van der Waals surface area contributed by atoms with Crippen molar-refractivity contribution in [2.24, 2.45) is 0 Å². The highest BCUT2D eigenvalue weighted by Gasteiger charge is 2.08. The third-order valence-corrected chi connectivity index (χ3v) is 7.06. The highest BCUT2D eigenvalue weighted by atomic mass is 14.9. The van der Waals surface area contributed by atoms with Crippen molar-refractivity contribution in [3.05, 3.63) is 129 Å². The van der Waals surface area contributed by atoms with Gasteiger partial charge in [0.15, 0.2) is 0 Å². The van der Waals surface area contributed by atoms with E-state index in [0.717, 1.165) is 32.4 Å². The van der Waals surface area contributed by atoms with Crippen LogP contribution in [0.2, 0.25) is 0 Å². The quantitative estimate of drug-likeness (QED) is 0.241. The summed E-state index contributed by atoms with van der Waals surface area (Å²) in [6, 6.07) is 28.9. The molecule has 2 heteroatoms. The molecule has 2 nitrogen and oxygen atoms in total. The number of benzene rings is 4. The van der Waals surface area contributed by atoms with Crippen LogP contribution in [0.25, 0.3) is 0 Å². The van der Waals surface area contributed by atoms with E-state index in [4.69, 9.17) is 0 Å². The minimum atomic E-state index is 0.946. The molecule has 186 valence electrons. The Morgan fingerprint density at radius 2 is 1.25 bits per heavy atom. The Bertz CT molecular complexity index is 1300. The molecule has 0 atom stereocenters. The van der Waals surface area contributed by atoms with E-state index in [2.05, 4.69) is 124 Å². The molecule has 4 aromatic rings. The van der Waals surface area contributed by atoms with E-state index in [0.29, 0.717) is 0 Å². The molecule has 0 unspecified atom stereocenters. The molecule has 0 fully saturated rings. The Morgan fingerprint density at radius 1 is 0.528 bits per heavy atom. The first-order chi connectivity index (χ1) is 17.4. The molecule has 0 bridgehead atoms. The number of hydrogen-bond acceptors (Lipinski definition) is 2. The number of rotatable bonds is 10. The average Bonchev–Trinajstić information content (AvgIpc) is 2.83. The van der Waals surface area contributed by atoms with Crippen molar-refractivity contribution < 1.29 is 0 Å². The Hall–Kier alpha value is -3.52. The Morgan fingerprint density at radius 3 is 1.97 bits per heavy atom. The van der Waals surface area contributed by atoms with Crippen molar-refractivity contribution >= 4 is 11.4 Å². The topological polar surface area (TPSA) is 24.1 Å². The number of anilines is 2. The molecule has 0 heterocycles. The van der Waals surface area contributed by atoms with Gasteiger partial charge in [-0.1, -0.05) is 78.4 Å². The highest BCUT2D eigenvalue weighted by molar-refractivity contribution is 5.59. The predicted octanol–water partition coefficient (Wildman–Crippen LogP) is 8.13. The number of hydrogen-bond donors (Lipinski definition) is 2. The van der Waals surface area contributed by atoms with E-state index in [9.17, 15) is 0 Å². The average molecular weight is 477 g/mol. The van der Waals surface area contributed by atoms with Crippen molar-refractivity contribution in [3.63, 3.8) is 0 Å². The van der Waals surface area contributed by atoms with Crippen LogP contribution in [0.5, 0.6) is 0 Å². The molecule has 4 aromatic carbocycles. The number of nitrogens with one attached hydrogen (secondary N) is 2. The fourth-order valence-corrected chi connectivity index (χ4v) is 5.13. The van der Waals surface area contributed by atoms with Crippen LogP contribution in [0.15, 0.2) is 78.9 Å². The molecule has 0 aliphatic heterocycles. The summed E-state index contributed by atoms with van der Waals surface area (Å²) in [6.45, 7) is 12.9. The molecule has 0 aromatic heterocycles. The summed E-state index contributed by atoms with van der Waals surface area (Å²) in [6.07, 6.45) is 3.03. The SMILES string of the molecule is Cc1cccc(CCNc2c(C)cc(Cc3ccc(NCCc4ccccc4C)c(C)c3)cc2C)c1. The number of aryl methyl sites for hydroxylation is 5. The first-order valence-corrected chi connectivity index (χ1v) is 13.2. The highest BCUT2D eigenvalue weighted by Crippen LogP contribution is 2.25. The first-order valence-electron chi connectivity index (χ1n) is 13.2. The third kappa shape index (κ3) is 6.79. The lowest BCUT2D eigenvalue weighted by molar-refractivity contribution is 1.00. The Balaban J connectivity index is 1.34. The maximum atomic E-state index is 3.68. The van der Waals surface area contributed by atoms with E-state index in [1.165, 1.54) is 61.4 Å². The normalized spacial score (nSPS) is 10.9. The van der Waals surface area contributed by atoms with Gasteiger partial charge in [-0.05, 0) is 104 Å². The monoisotopic (exact) mass is 476 g/mol. The Labute approximate surface area is 217 Å². The van der Waals surface area contributed by atoms with Crippen LogP contribution in [0.4, 0.5) is 11.4 Å². The molecule has 4 rings (SSSR count). The lowest BCUT2D eigenvalue weighted by Gasteiger charge is -2.16. The predicted molar refractivity (Wildman–Crippen MR) is 157 cm³/mol. The van der Waals surface area contributed by atoms with Gasteiger partial charge in [0.1, 0.15) is 0 Å². The summed E-state index contributed by atoms with van der Waals surface area (Å²) >= 11 is 0. The van der Waals surface area contributed by atoms with Crippen molar-refractivity contribution in [1.82, 2.24) is 0 Å². The van der Waals surface area contributed by atoms with Crippen LogP contribution in [0, 0.1) is 34.6 Å². The van der Waals surface area contributed by atoms with Gasteiger partial charge in [0.2, 0.25) is 0 Å². The smallest absolute Gasteiger partial charge is 0.0399 e. The van der Waals surface area contributed by atoms with E-state index in [-0.39, 0.29) is 0 Å². The first kappa shape index (κ1) is 25.6. The molecular formula is C34H40N2. The molecule has 0 radical (unpaired) electrons. The summed E-state index contributed by atoms with van der Waals surface area (Å²) < 4.78 is 0. The van der Waals surface area contributed by atoms with Crippen molar-refractivity contribution in [2.75, 3.05) is 23.7 Å². The molecule has 0 aliphatic carbocycles. The summed E-state index contributed by atoms with van der Waals surface area (Å²) in [7, 11) is 0. The Kier molecular flexibility index (Phi) is 8.48. The summed E-state index contributed by atoms with van der Waals surface area (Å²) in [5.41, 5.74) is 14.7. The largest absolute Gasteiger partial charge is 0.384 e. The molecule has 0 saturated carbocycles. The van der Waals surface area contributed by atoms with Gasteiger partial charge in [-0.15, -0.1) is 0 Å². The zero-order valence-corrected chi connectivity index (χ0v) is 22.5. The second kappa shape index (κ2) is 11.9. The standard InChI is InChI=1S/C34H40N2/c1-24-9-8-11-29(19-24)15-17-36-34-27(4)21-31(22-28(34)5)23-30-13-14-33(26(3)20-30)35-18-16-32-12-7-6-10-25(32)2/h6-14,19-22,35-36H,15-18,23H2,1-5H3. The van der Waals surface area contributed by atoms with Gasteiger partial charge in [0, 0.05) is 24.5 Å². The fraction of sp³-hybridized carbons (Fsp3) is 0.294. The van der Waals surface area contributed by atoms with Crippen LogP contribution < -0.4 is 10.6 Å². The van der Waals surface area contributed by atoms with Crippen LogP contribution in [0.1, 0.15) is 50.1 Å². The van der Waals surface area contributed by atoms with Crippen LogP contribution >= 0.6 is 0 Å². The summed E-state index contributed by atoms with van der Waals surface area (Å²) in [4.78, 5) is 0. The van der Waals surface area contributed by atoms with E-state index < -0.39 is 0 Å². The third-order valence-electron chi connectivity index (χ3n) is 7.06. The van der Waals surface area contributed by atoms with E-state index in [1.807, 2.05) is 0 Å². The van der Waals surface area contributed by atoms with Crippen LogP contribution in [-0.4, -0.2) is 13.1 Å². The van der Waals surface area contributed by atoms with Gasteiger partial charge in [-0.3, -0.25) is 0 Å². The molecule has 0 spiro atoms. The molecule has 36 heavy (non-hydrogen) atoms.